The highest BCUT2D eigenvalue weighted by molar-refractivity contribution is 5.83. The van der Waals surface area contributed by atoms with Crippen molar-refractivity contribution in [3.05, 3.63) is 0 Å². The van der Waals surface area contributed by atoms with Gasteiger partial charge in [-0.05, 0) is 53.1 Å². The first-order valence-electron chi connectivity index (χ1n) is 7.44. The van der Waals surface area contributed by atoms with Crippen LogP contribution in [0, 0.1) is 11.8 Å². The summed E-state index contributed by atoms with van der Waals surface area (Å²) in [7, 11) is 4.23. The lowest BCUT2D eigenvalue weighted by Crippen LogP contribution is -2.39. The van der Waals surface area contributed by atoms with Gasteiger partial charge in [0, 0.05) is 31.0 Å². The number of amides is 1. The van der Waals surface area contributed by atoms with Crippen LogP contribution in [0.1, 0.15) is 39.0 Å². The molecule has 1 aliphatic carbocycles. The summed E-state index contributed by atoms with van der Waals surface area (Å²) >= 11 is 0. The molecule has 19 heavy (non-hydrogen) atoms. The topological polar surface area (TPSA) is 40.6 Å². The molecule has 2 rings (SSSR count). The smallest absolute Gasteiger partial charge is 0.225 e. The summed E-state index contributed by atoms with van der Waals surface area (Å²) in [6, 6.07) is 0.632. The molecule has 0 aromatic carbocycles. The quantitative estimate of drug-likeness (QED) is 0.778. The van der Waals surface area contributed by atoms with Gasteiger partial charge in [0.2, 0.25) is 5.91 Å². The number of likely N-dealkylation sites (tertiary alicyclic amines) is 1. The molecule has 4 heteroatoms. The zero-order valence-corrected chi connectivity index (χ0v) is 12.4. The first-order chi connectivity index (χ1) is 8.99. The molecule has 1 saturated heterocycles. The number of carbonyl (C=O) groups is 2. The Kier molecular flexibility index (Phi) is 4.61. The van der Waals surface area contributed by atoms with Crippen LogP contribution >= 0.6 is 0 Å². The number of carbonyl (C=O) groups excluding carboxylic acids is 2. The number of nitrogens with zero attached hydrogens (tertiary/aromatic N) is 2. The third-order valence-electron chi connectivity index (χ3n) is 4.85. The Hall–Kier alpha value is -0.900. The minimum atomic E-state index is 0.0852. The summed E-state index contributed by atoms with van der Waals surface area (Å²) < 4.78 is 0. The molecule has 1 amide bonds. The van der Waals surface area contributed by atoms with Gasteiger partial charge in [0.25, 0.3) is 0 Å². The lowest BCUT2D eigenvalue weighted by Gasteiger charge is -2.33. The van der Waals surface area contributed by atoms with Crippen molar-refractivity contribution in [2.24, 2.45) is 11.8 Å². The second-order valence-corrected chi connectivity index (χ2v) is 6.35. The summed E-state index contributed by atoms with van der Waals surface area (Å²) in [6.07, 6.45) is 5.10. The largest absolute Gasteiger partial charge is 0.342 e. The van der Waals surface area contributed by atoms with Crippen molar-refractivity contribution in [2.75, 3.05) is 27.2 Å². The van der Waals surface area contributed by atoms with Crippen LogP contribution in [0.15, 0.2) is 0 Å². The van der Waals surface area contributed by atoms with Gasteiger partial charge in [-0.3, -0.25) is 9.59 Å². The lowest BCUT2D eigenvalue weighted by atomic mass is 9.84. The standard InChI is InChI=1S/C15H26N2O2/c1-11(18)13-8-9-17(10-13)15(19)12-4-6-14(7-5-12)16(2)3/h12-14H,4-10H2,1-3H3/t12?,13-,14?/m1/s1. The fraction of sp³-hybridized carbons (Fsp3) is 0.867. The molecule has 1 heterocycles. The van der Waals surface area contributed by atoms with Gasteiger partial charge in [0.15, 0.2) is 0 Å². The second-order valence-electron chi connectivity index (χ2n) is 6.35. The molecule has 1 saturated carbocycles. The molecule has 4 nitrogen and oxygen atoms in total. The van der Waals surface area contributed by atoms with E-state index >= 15 is 0 Å². The lowest BCUT2D eigenvalue weighted by molar-refractivity contribution is -0.136. The zero-order valence-electron chi connectivity index (χ0n) is 12.4. The SMILES string of the molecule is CC(=O)[C@@H]1CCN(C(=O)C2CCC(N(C)C)CC2)C1. The van der Waals surface area contributed by atoms with E-state index in [0.29, 0.717) is 18.5 Å². The average molecular weight is 266 g/mol. The third-order valence-corrected chi connectivity index (χ3v) is 4.85. The average Bonchev–Trinajstić information content (AvgIpc) is 2.87. The van der Waals surface area contributed by atoms with Crippen LogP contribution in [0.2, 0.25) is 0 Å². The van der Waals surface area contributed by atoms with Gasteiger partial charge < -0.3 is 9.80 Å². The molecule has 0 radical (unpaired) electrons. The maximum Gasteiger partial charge on any atom is 0.225 e. The van der Waals surface area contributed by atoms with Gasteiger partial charge in [-0.1, -0.05) is 0 Å². The van der Waals surface area contributed by atoms with Crippen molar-refractivity contribution in [1.29, 1.82) is 0 Å². The first-order valence-corrected chi connectivity index (χ1v) is 7.44. The minimum Gasteiger partial charge on any atom is -0.342 e. The summed E-state index contributed by atoms with van der Waals surface area (Å²) in [5.74, 6) is 0.802. The predicted octanol–water partition coefficient (Wildman–Crippen LogP) is 1.54. The van der Waals surface area contributed by atoms with Gasteiger partial charge in [-0.25, -0.2) is 0 Å². The second kappa shape index (κ2) is 6.04. The van der Waals surface area contributed by atoms with Crippen molar-refractivity contribution >= 4 is 11.7 Å². The molecule has 1 aliphatic heterocycles. The fourth-order valence-corrected chi connectivity index (χ4v) is 3.39. The molecule has 0 aromatic heterocycles. The maximum atomic E-state index is 12.4. The summed E-state index contributed by atoms with van der Waals surface area (Å²) in [5.41, 5.74) is 0. The van der Waals surface area contributed by atoms with E-state index in [0.717, 1.165) is 38.6 Å². The highest BCUT2D eigenvalue weighted by atomic mass is 16.2. The van der Waals surface area contributed by atoms with Crippen molar-refractivity contribution < 1.29 is 9.59 Å². The normalized spacial score (nSPS) is 31.8. The maximum absolute atomic E-state index is 12.4. The van der Waals surface area contributed by atoms with Crippen molar-refractivity contribution in [3.8, 4) is 0 Å². The molecule has 0 unspecified atom stereocenters. The summed E-state index contributed by atoms with van der Waals surface area (Å²) in [6.45, 7) is 3.07. The Balaban J connectivity index is 1.83. The Bertz CT molecular complexity index is 346. The van der Waals surface area contributed by atoms with Crippen LogP contribution in [-0.4, -0.2) is 54.7 Å². The summed E-state index contributed by atoms with van der Waals surface area (Å²) in [4.78, 5) is 28.0. The van der Waals surface area contributed by atoms with E-state index in [-0.39, 0.29) is 17.6 Å². The van der Waals surface area contributed by atoms with E-state index in [4.69, 9.17) is 0 Å². The molecular weight excluding hydrogens is 240 g/mol. The van der Waals surface area contributed by atoms with Crippen LogP contribution in [0.3, 0.4) is 0 Å². The van der Waals surface area contributed by atoms with Gasteiger partial charge in [-0.15, -0.1) is 0 Å². The van der Waals surface area contributed by atoms with Crippen LogP contribution < -0.4 is 0 Å². The Morgan fingerprint density at radius 1 is 1.00 bits per heavy atom. The highest BCUT2D eigenvalue weighted by Crippen LogP contribution is 2.29. The molecule has 1 atom stereocenters. The van der Waals surface area contributed by atoms with Crippen molar-refractivity contribution in [1.82, 2.24) is 9.80 Å². The van der Waals surface area contributed by atoms with Gasteiger partial charge >= 0.3 is 0 Å². The van der Waals surface area contributed by atoms with E-state index in [1.165, 1.54) is 0 Å². The first kappa shape index (κ1) is 14.5. The van der Waals surface area contributed by atoms with Crippen molar-refractivity contribution in [2.45, 2.75) is 45.1 Å². The van der Waals surface area contributed by atoms with E-state index < -0.39 is 0 Å². The van der Waals surface area contributed by atoms with E-state index in [1.54, 1.807) is 6.92 Å². The summed E-state index contributed by atoms with van der Waals surface area (Å²) in [5, 5.41) is 0. The monoisotopic (exact) mass is 266 g/mol. The molecule has 0 aromatic rings. The van der Waals surface area contributed by atoms with Gasteiger partial charge in [-0.2, -0.15) is 0 Å². The van der Waals surface area contributed by atoms with Crippen LogP contribution in [0.5, 0.6) is 0 Å². The zero-order chi connectivity index (χ0) is 14.0. The molecule has 0 bridgehead atoms. The molecule has 0 spiro atoms. The Morgan fingerprint density at radius 2 is 1.63 bits per heavy atom. The van der Waals surface area contributed by atoms with Crippen LogP contribution in [-0.2, 0) is 9.59 Å². The Morgan fingerprint density at radius 3 is 2.11 bits per heavy atom. The Labute approximate surface area is 116 Å². The number of hydrogen-bond acceptors (Lipinski definition) is 3. The number of ketones is 1. The van der Waals surface area contributed by atoms with Crippen molar-refractivity contribution in [3.63, 3.8) is 0 Å². The fourth-order valence-electron chi connectivity index (χ4n) is 3.39. The predicted molar refractivity (Wildman–Crippen MR) is 74.8 cm³/mol. The molecule has 2 aliphatic rings. The number of hydrogen-bond donors (Lipinski definition) is 0. The van der Waals surface area contributed by atoms with Crippen LogP contribution in [0.4, 0.5) is 0 Å². The number of rotatable bonds is 3. The molecule has 108 valence electrons. The van der Waals surface area contributed by atoms with E-state index in [2.05, 4.69) is 19.0 Å². The van der Waals surface area contributed by atoms with Crippen LogP contribution in [0.25, 0.3) is 0 Å². The van der Waals surface area contributed by atoms with Gasteiger partial charge in [0.05, 0.1) is 0 Å². The third kappa shape index (κ3) is 3.35. The molecular formula is C15H26N2O2. The van der Waals surface area contributed by atoms with E-state index in [9.17, 15) is 9.59 Å². The molecule has 2 fully saturated rings. The van der Waals surface area contributed by atoms with Gasteiger partial charge in [0.1, 0.15) is 5.78 Å². The van der Waals surface area contributed by atoms with E-state index in [1.807, 2.05) is 4.90 Å². The molecule has 0 N–H and O–H groups in total. The highest BCUT2D eigenvalue weighted by Gasteiger charge is 2.34. The minimum absolute atomic E-state index is 0.0852. The number of Topliss-reactive ketones (excluding diaryl/α,β-unsaturated/α-hetero) is 1.